The molecule has 1 heteroatoms. The summed E-state index contributed by atoms with van der Waals surface area (Å²) in [5.74, 6) is 0.953. The SMILES string of the molecule is CC.CC.C[C@H]1Cc2ccccc2[C@H](c2cccc(-c3ccc(F)cc3)c2)C1. The number of fused-ring (bicyclic) bond motifs is 1. The van der Waals surface area contributed by atoms with Crippen LogP contribution < -0.4 is 0 Å². The van der Waals surface area contributed by atoms with Crippen LogP contribution in [-0.4, -0.2) is 0 Å². The zero-order valence-electron chi connectivity index (χ0n) is 17.9. The monoisotopic (exact) mass is 376 g/mol. The van der Waals surface area contributed by atoms with Crippen molar-refractivity contribution in [2.24, 2.45) is 5.92 Å². The van der Waals surface area contributed by atoms with Crippen molar-refractivity contribution in [2.45, 2.75) is 53.4 Å². The molecule has 0 fully saturated rings. The van der Waals surface area contributed by atoms with Crippen LogP contribution in [0, 0.1) is 11.7 Å². The van der Waals surface area contributed by atoms with Crippen LogP contribution in [0.3, 0.4) is 0 Å². The first-order valence-corrected chi connectivity index (χ1v) is 10.6. The normalized spacial score (nSPS) is 17.4. The zero-order chi connectivity index (χ0) is 20.5. The molecule has 0 bridgehead atoms. The average Bonchev–Trinajstić information content (AvgIpc) is 2.76. The van der Waals surface area contributed by atoms with Gasteiger partial charge in [0.05, 0.1) is 0 Å². The van der Waals surface area contributed by atoms with Crippen LogP contribution in [0.1, 0.15) is 63.6 Å². The molecule has 2 atom stereocenters. The lowest BCUT2D eigenvalue weighted by Crippen LogP contribution is -2.17. The average molecular weight is 377 g/mol. The molecule has 28 heavy (non-hydrogen) atoms. The quantitative estimate of drug-likeness (QED) is 0.422. The second kappa shape index (κ2) is 10.8. The number of halogens is 1. The van der Waals surface area contributed by atoms with E-state index in [2.05, 4.69) is 55.5 Å². The molecule has 0 spiro atoms. The van der Waals surface area contributed by atoms with Gasteiger partial charge in [-0.3, -0.25) is 0 Å². The summed E-state index contributed by atoms with van der Waals surface area (Å²) < 4.78 is 13.2. The molecule has 0 radical (unpaired) electrons. The molecule has 1 aliphatic carbocycles. The molecule has 0 unspecified atom stereocenters. The highest BCUT2D eigenvalue weighted by Crippen LogP contribution is 2.40. The Hall–Kier alpha value is -2.41. The topological polar surface area (TPSA) is 0 Å². The van der Waals surface area contributed by atoms with Gasteiger partial charge in [0.25, 0.3) is 0 Å². The molecule has 4 rings (SSSR count). The van der Waals surface area contributed by atoms with Crippen molar-refractivity contribution >= 4 is 0 Å². The van der Waals surface area contributed by atoms with Gasteiger partial charge in [-0.2, -0.15) is 0 Å². The second-order valence-corrected chi connectivity index (χ2v) is 6.93. The Morgan fingerprint density at radius 2 is 1.43 bits per heavy atom. The maximum atomic E-state index is 13.2. The summed E-state index contributed by atoms with van der Waals surface area (Å²) in [5, 5.41) is 0. The minimum absolute atomic E-state index is 0.190. The number of benzene rings is 3. The predicted octanol–water partition coefficient (Wildman–Crippen LogP) is 8.26. The van der Waals surface area contributed by atoms with E-state index in [0.29, 0.717) is 11.8 Å². The van der Waals surface area contributed by atoms with Crippen LogP contribution >= 0.6 is 0 Å². The Kier molecular flexibility index (Phi) is 8.44. The standard InChI is InChI=1S/C23H21F.2C2H6/c1-16-13-19-5-2-3-8-22(19)23(14-16)20-7-4-6-18(15-20)17-9-11-21(24)12-10-17;2*1-2/h2-12,15-16,23H,13-14H2,1H3;2*1-2H3/t16-,23-;;/m0../s1. The van der Waals surface area contributed by atoms with E-state index in [4.69, 9.17) is 0 Å². The molecular weight excluding hydrogens is 343 g/mol. The molecule has 0 saturated carbocycles. The fourth-order valence-corrected chi connectivity index (χ4v) is 3.94. The van der Waals surface area contributed by atoms with Crippen LogP contribution in [-0.2, 0) is 6.42 Å². The van der Waals surface area contributed by atoms with Gasteiger partial charge in [-0.15, -0.1) is 0 Å². The first-order valence-electron chi connectivity index (χ1n) is 10.6. The van der Waals surface area contributed by atoms with E-state index < -0.39 is 0 Å². The highest BCUT2D eigenvalue weighted by atomic mass is 19.1. The number of rotatable bonds is 2. The zero-order valence-corrected chi connectivity index (χ0v) is 17.9. The van der Waals surface area contributed by atoms with E-state index in [1.807, 2.05) is 39.8 Å². The van der Waals surface area contributed by atoms with Crippen molar-refractivity contribution in [3.05, 3.63) is 95.3 Å². The van der Waals surface area contributed by atoms with E-state index in [0.717, 1.165) is 11.1 Å². The van der Waals surface area contributed by atoms with Crippen molar-refractivity contribution in [2.75, 3.05) is 0 Å². The Labute approximate surface area is 170 Å². The summed E-state index contributed by atoms with van der Waals surface area (Å²) in [5.41, 5.74) is 6.52. The first-order chi connectivity index (χ1) is 13.7. The predicted molar refractivity (Wildman–Crippen MR) is 120 cm³/mol. The lowest BCUT2D eigenvalue weighted by Gasteiger charge is -2.30. The molecule has 0 nitrogen and oxygen atoms in total. The molecule has 3 aromatic carbocycles. The van der Waals surface area contributed by atoms with Gasteiger partial charge in [-0.05, 0) is 58.7 Å². The highest BCUT2D eigenvalue weighted by Gasteiger charge is 2.25. The summed E-state index contributed by atoms with van der Waals surface area (Å²) in [6.45, 7) is 10.3. The molecule has 0 heterocycles. The Bertz CT molecular complexity index is 848. The second-order valence-electron chi connectivity index (χ2n) is 6.93. The molecule has 0 saturated heterocycles. The van der Waals surface area contributed by atoms with Crippen LogP contribution in [0.4, 0.5) is 4.39 Å². The van der Waals surface area contributed by atoms with Crippen molar-refractivity contribution in [1.82, 2.24) is 0 Å². The van der Waals surface area contributed by atoms with E-state index in [9.17, 15) is 4.39 Å². The largest absolute Gasteiger partial charge is 0.207 e. The van der Waals surface area contributed by atoms with Gasteiger partial charge < -0.3 is 0 Å². The van der Waals surface area contributed by atoms with E-state index in [1.165, 1.54) is 41.7 Å². The Morgan fingerprint density at radius 3 is 2.14 bits per heavy atom. The maximum absolute atomic E-state index is 13.2. The van der Waals surface area contributed by atoms with E-state index in [-0.39, 0.29) is 5.82 Å². The third-order valence-corrected chi connectivity index (χ3v) is 5.10. The summed E-state index contributed by atoms with van der Waals surface area (Å²) in [6, 6.07) is 24.3. The fourth-order valence-electron chi connectivity index (χ4n) is 3.94. The third-order valence-electron chi connectivity index (χ3n) is 5.10. The van der Waals surface area contributed by atoms with Crippen molar-refractivity contribution in [3.63, 3.8) is 0 Å². The van der Waals surface area contributed by atoms with E-state index >= 15 is 0 Å². The van der Waals surface area contributed by atoms with Gasteiger partial charge in [0.2, 0.25) is 0 Å². The number of hydrogen-bond donors (Lipinski definition) is 0. The minimum atomic E-state index is -0.190. The van der Waals surface area contributed by atoms with E-state index in [1.54, 1.807) is 0 Å². The van der Waals surface area contributed by atoms with Crippen LogP contribution in [0.5, 0.6) is 0 Å². The third kappa shape index (κ3) is 5.10. The van der Waals surface area contributed by atoms with Crippen molar-refractivity contribution in [1.29, 1.82) is 0 Å². The van der Waals surface area contributed by atoms with Gasteiger partial charge >= 0.3 is 0 Å². The van der Waals surface area contributed by atoms with Gasteiger partial charge in [-0.25, -0.2) is 4.39 Å². The molecule has 148 valence electrons. The molecule has 0 aliphatic heterocycles. The van der Waals surface area contributed by atoms with Gasteiger partial charge in [0, 0.05) is 5.92 Å². The maximum Gasteiger partial charge on any atom is 0.123 e. The Morgan fingerprint density at radius 1 is 0.750 bits per heavy atom. The molecule has 0 aromatic heterocycles. The lowest BCUT2D eigenvalue weighted by atomic mass is 9.74. The molecule has 0 amide bonds. The van der Waals surface area contributed by atoms with Crippen LogP contribution in [0.15, 0.2) is 72.8 Å². The van der Waals surface area contributed by atoms with Crippen molar-refractivity contribution in [3.8, 4) is 11.1 Å². The summed E-state index contributed by atoms with van der Waals surface area (Å²) in [7, 11) is 0. The van der Waals surface area contributed by atoms with Gasteiger partial charge in [-0.1, -0.05) is 95.3 Å². The smallest absolute Gasteiger partial charge is 0.123 e. The molecule has 3 aromatic rings. The summed E-state index contributed by atoms with van der Waals surface area (Å²) >= 11 is 0. The first kappa shape index (κ1) is 21.9. The van der Waals surface area contributed by atoms with Crippen LogP contribution in [0.2, 0.25) is 0 Å². The van der Waals surface area contributed by atoms with Gasteiger partial charge in [0.1, 0.15) is 5.82 Å². The van der Waals surface area contributed by atoms with Gasteiger partial charge in [0.15, 0.2) is 0 Å². The summed E-state index contributed by atoms with van der Waals surface area (Å²) in [4.78, 5) is 0. The highest BCUT2D eigenvalue weighted by molar-refractivity contribution is 5.64. The van der Waals surface area contributed by atoms with Crippen molar-refractivity contribution < 1.29 is 4.39 Å². The Balaban J connectivity index is 0.000000660. The lowest BCUT2D eigenvalue weighted by molar-refractivity contribution is 0.464. The molecule has 1 aliphatic rings. The van der Waals surface area contributed by atoms with Crippen LogP contribution in [0.25, 0.3) is 11.1 Å². The summed E-state index contributed by atoms with van der Waals surface area (Å²) in [6.07, 6.45) is 2.36. The molecule has 0 N–H and O–H groups in total. The molecular formula is C27H33F. The minimum Gasteiger partial charge on any atom is -0.207 e. The number of hydrogen-bond acceptors (Lipinski definition) is 0. The fraction of sp³-hybridized carbons (Fsp3) is 0.333.